The van der Waals surface area contributed by atoms with Crippen molar-refractivity contribution < 1.29 is 9.47 Å². The van der Waals surface area contributed by atoms with Crippen molar-refractivity contribution in [2.45, 2.75) is 19.8 Å². The van der Waals surface area contributed by atoms with Gasteiger partial charge in [0.15, 0.2) is 28.5 Å². The molecule has 36 heavy (non-hydrogen) atoms. The Kier molecular flexibility index (Phi) is 6.71. The number of piperazine rings is 1. The predicted molar refractivity (Wildman–Crippen MR) is 143 cm³/mol. The van der Waals surface area contributed by atoms with E-state index in [2.05, 4.69) is 55.9 Å². The summed E-state index contributed by atoms with van der Waals surface area (Å²) in [7, 11) is 3.23. The van der Waals surface area contributed by atoms with Crippen LogP contribution in [-0.2, 0) is 6.42 Å². The van der Waals surface area contributed by atoms with Crippen molar-refractivity contribution in [1.82, 2.24) is 19.9 Å². The van der Waals surface area contributed by atoms with E-state index in [0.717, 1.165) is 44.6 Å². The number of fused-ring (bicyclic) bond motifs is 1. The fourth-order valence-corrected chi connectivity index (χ4v) is 4.64. The second-order valence-corrected chi connectivity index (χ2v) is 8.80. The van der Waals surface area contributed by atoms with E-state index in [1.54, 1.807) is 20.4 Å². The molecule has 1 fully saturated rings. The number of benzene rings is 2. The Morgan fingerprint density at radius 3 is 2.42 bits per heavy atom. The highest BCUT2D eigenvalue weighted by molar-refractivity contribution is 5.86. The Balaban J connectivity index is 1.43. The average Bonchev–Trinajstić information content (AvgIpc) is 2.92. The number of aryl methyl sites for hydroxylation is 1. The first kappa shape index (κ1) is 23.6. The zero-order valence-electron chi connectivity index (χ0n) is 20.9. The molecule has 0 saturated carbocycles. The van der Waals surface area contributed by atoms with Crippen LogP contribution in [0.25, 0.3) is 22.4 Å². The van der Waals surface area contributed by atoms with E-state index < -0.39 is 0 Å². The molecule has 9 heteroatoms. The van der Waals surface area contributed by atoms with Gasteiger partial charge in [-0.25, -0.2) is 9.97 Å². The first-order valence-corrected chi connectivity index (χ1v) is 12.2. The zero-order valence-corrected chi connectivity index (χ0v) is 20.9. The third-order valence-electron chi connectivity index (χ3n) is 6.48. The van der Waals surface area contributed by atoms with Crippen LogP contribution in [-0.4, -0.2) is 60.3 Å². The predicted octanol–water partition coefficient (Wildman–Crippen LogP) is 3.97. The summed E-state index contributed by atoms with van der Waals surface area (Å²) in [5.41, 5.74) is 11.4. The van der Waals surface area contributed by atoms with Crippen molar-refractivity contribution in [2.24, 2.45) is 0 Å². The van der Waals surface area contributed by atoms with Crippen molar-refractivity contribution in [2.75, 3.05) is 55.9 Å². The minimum Gasteiger partial charge on any atom is -0.493 e. The fourth-order valence-electron chi connectivity index (χ4n) is 4.64. The lowest BCUT2D eigenvalue weighted by Crippen LogP contribution is -2.47. The van der Waals surface area contributed by atoms with Gasteiger partial charge in [0.05, 0.1) is 26.1 Å². The molecule has 1 aliphatic heterocycles. The summed E-state index contributed by atoms with van der Waals surface area (Å²) < 4.78 is 10.8. The van der Waals surface area contributed by atoms with Crippen LogP contribution >= 0.6 is 0 Å². The number of nitrogens with two attached hydrogens (primary N) is 1. The van der Waals surface area contributed by atoms with E-state index >= 15 is 0 Å². The molecule has 2 aromatic carbocycles. The Morgan fingerprint density at radius 1 is 0.889 bits per heavy atom. The van der Waals surface area contributed by atoms with E-state index in [0.29, 0.717) is 34.2 Å². The van der Waals surface area contributed by atoms with Crippen molar-refractivity contribution >= 4 is 28.6 Å². The lowest BCUT2D eigenvalue weighted by atomic mass is 10.1. The maximum Gasteiger partial charge on any atom is 0.224 e. The number of ether oxygens (including phenoxy) is 2. The van der Waals surface area contributed by atoms with Crippen LogP contribution in [0.4, 0.5) is 17.5 Å². The summed E-state index contributed by atoms with van der Waals surface area (Å²) in [5.74, 6) is 2.20. The van der Waals surface area contributed by atoms with Crippen molar-refractivity contribution in [3.63, 3.8) is 0 Å². The number of nitrogen functional groups attached to an aromatic ring is 1. The molecule has 9 nitrogen and oxygen atoms in total. The number of hydrogen-bond acceptors (Lipinski definition) is 9. The summed E-state index contributed by atoms with van der Waals surface area (Å²) in [6, 6.07) is 14.5. The summed E-state index contributed by atoms with van der Waals surface area (Å²) in [6.45, 7) is 5.56. The second kappa shape index (κ2) is 10.2. The van der Waals surface area contributed by atoms with Gasteiger partial charge in [0.25, 0.3) is 0 Å². The molecule has 0 radical (unpaired) electrons. The molecule has 3 heterocycles. The summed E-state index contributed by atoms with van der Waals surface area (Å²) in [6.07, 6.45) is 3.94. The average molecular weight is 486 g/mol. The van der Waals surface area contributed by atoms with Gasteiger partial charge in [0.2, 0.25) is 5.95 Å². The van der Waals surface area contributed by atoms with Gasteiger partial charge < -0.3 is 25.0 Å². The monoisotopic (exact) mass is 485 g/mol. The summed E-state index contributed by atoms with van der Waals surface area (Å²) in [5, 5.41) is 0. The van der Waals surface area contributed by atoms with Gasteiger partial charge in [-0.3, -0.25) is 0 Å². The van der Waals surface area contributed by atoms with Gasteiger partial charge in [-0.15, -0.1) is 0 Å². The van der Waals surface area contributed by atoms with E-state index in [4.69, 9.17) is 20.2 Å². The quantitative estimate of drug-likeness (QED) is 0.416. The highest BCUT2D eigenvalue weighted by Crippen LogP contribution is 2.33. The van der Waals surface area contributed by atoms with E-state index in [1.165, 1.54) is 11.3 Å². The van der Waals surface area contributed by atoms with Crippen LogP contribution in [0.2, 0.25) is 0 Å². The molecule has 0 unspecified atom stereocenters. The molecule has 1 saturated heterocycles. The lowest BCUT2D eigenvalue weighted by molar-refractivity contribution is 0.355. The fraction of sp³-hybridized carbons (Fsp3) is 0.333. The van der Waals surface area contributed by atoms with Crippen LogP contribution in [0.3, 0.4) is 0 Å². The van der Waals surface area contributed by atoms with Crippen molar-refractivity contribution in [1.29, 1.82) is 0 Å². The van der Waals surface area contributed by atoms with Crippen LogP contribution in [0.1, 0.15) is 18.9 Å². The minimum atomic E-state index is 0.195. The molecule has 2 N–H and O–H groups in total. The SMILES string of the molecule is CCCc1cccc(N2CCN(c3nc(N)nc4ncc(-c5ccc(OC)c(OC)c5)nc34)CC2)c1. The number of nitrogens with zero attached hydrogens (tertiary/aromatic N) is 6. The maximum absolute atomic E-state index is 6.06. The third-order valence-corrected chi connectivity index (χ3v) is 6.48. The molecule has 4 aromatic rings. The molecular weight excluding hydrogens is 454 g/mol. The van der Waals surface area contributed by atoms with Crippen molar-refractivity contribution in [3.05, 3.63) is 54.2 Å². The minimum absolute atomic E-state index is 0.195. The topological polar surface area (TPSA) is 103 Å². The summed E-state index contributed by atoms with van der Waals surface area (Å²) >= 11 is 0. The molecule has 0 atom stereocenters. The lowest BCUT2D eigenvalue weighted by Gasteiger charge is -2.37. The van der Waals surface area contributed by atoms with Gasteiger partial charge in [-0.1, -0.05) is 25.5 Å². The van der Waals surface area contributed by atoms with Crippen molar-refractivity contribution in [3.8, 4) is 22.8 Å². The van der Waals surface area contributed by atoms with E-state index in [1.807, 2.05) is 18.2 Å². The first-order chi connectivity index (χ1) is 17.6. The molecule has 5 rings (SSSR count). The molecule has 0 spiro atoms. The second-order valence-electron chi connectivity index (χ2n) is 8.80. The molecule has 2 aromatic heterocycles. The van der Waals surface area contributed by atoms with Crippen LogP contribution < -0.4 is 25.0 Å². The highest BCUT2D eigenvalue weighted by atomic mass is 16.5. The number of rotatable bonds is 7. The molecule has 0 bridgehead atoms. The standard InChI is InChI=1S/C27H31N7O2/c1-4-6-18-7-5-8-20(15-18)33-11-13-34(14-12-33)26-24-25(31-27(28)32-26)29-17-21(30-24)19-9-10-22(35-2)23(16-19)36-3/h5,7-10,15-17H,4,6,11-14H2,1-3H3,(H2,28,29,31,32). The maximum atomic E-state index is 6.06. The van der Waals surface area contributed by atoms with Gasteiger partial charge in [-0.05, 0) is 42.3 Å². The first-order valence-electron chi connectivity index (χ1n) is 12.2. The molecule has 1 aliphatic rings. The van der Waals surface area contributed by atoms with Gasteiger partial charge in [0.1, 0.15) is 0 Å². The Morgan fingerprint density at radius 2 is 1.67 bits per heavy atom. The molecular formula is C27H31N7O2. The Bertz CT molecular complexity index is 1370. The van der Waals surface area contributed by atoms with Gasteiger partial charge in [-0.2, -0.15) is 9.97 Å². The zero-order chi connectivity index (χ0) is 25.1. The molecule has 186 valence electrons. The van der Waals surface area contributed by atoms with E-state index in [9.17, 15) is 0 Å². The van der Waals surface area contributed by atoms with Crippen LogP contribution in [0, 0.1) is 0 Å². The number of anilines is 3. The normalized spacial score (nSPS) is 13.8. The van der Waals surface area contributed by atoms with Crippen LogP contribution in [0.5, 0.6) is 11.5 Å². The van der Waals surface area contributed by atoms with Crippen LogP contribution in [0.15, 0.2) is 48.7 Å². The Hall–Kier alpha value is -4.14. The Labute approximate surface area is 210 Å². The molecule has 0 amide bonds. The summed E-state index contributed by atoms with van der Waals surface area (Å²) in [4.78, 5) is 23.0. The largest absolute Gasteiger partial charge is 0.493 e. The number of aromatic nitrogens is 4. The van der Waals surface area contributed by atoms with E-state index in [-0.39, 0.29) is 5.95 Å². The smallest absolute Gasteiger partial charge is 0.224 e. The van der Waals surface area contributed by atoms with Gasteiger partial charge >= 0.3 is 0 Å². The number of hydrogen-bond donors (Lipinski definition) is 1. The molecule has 0 aliphatic carbocycles. The number of methoxy groups -OCH3 is 2. The third kappa shape index (κ3) is 4.68. The van der Waals surface area contributed by atoms with Gasteiger partial charge in [0, 0.05) is 37.4 Å². The highest BCUT2D eigenvalue weighted by Gasteiger charge is 2.23.